The molecule has 0 aliphatic rings. The molecule has 0 atom stereocenters. The number of nitrogens with one attached hydrogen (secondary N) is 1. The van der Waals surface area contributed by atoms with E-state index >= 15 is 0 Å². The van der Waals surface area contributed by atoms with E-state index in [2.05, 4.69) is 10.4 Å². The van der Waals surface area contributed by atoms with Gasteiger partial charge in [-0.1, -0.05) is 30.3 Å². The number of carboxylic acids is 1. The fourth-order valence-electron chi connectivity index (χ4n) is 1.80. The highest BCUT2D eigenvalue weighted by Gasteiger charge is 2.14. The molecule has 0 saturated heterocycles. The van der Waals surface area contributed by atoms with Gasteiger partial charge < -0.3 is 10.4 Å². The molecule has 0 spiro atoms. The van der Waals surface area contributed by atoms with Crippen molar-refractivity contribution >= 4 is 11.9 Å². The van der Waals surface area contributed by atoms with Crippen LogP contribution < -0.4 is 5.32 Å². The van der Waals surface area contributed by atoms with Crippen molar-refractivity contribution in [2.75, 3.05) is 0 Å². The Kier molecular flexibility index (Phi) is 4.14. The highest BCUT2D eigenvalue weighted by Crippen LogP contribution is 2.06. The predicted molar refractivity (Wildman–Crippen MR) is 72.2 cm³/mol. The summed E-state index contributed by atoms with van der Waals surface area (Å²) in [6.45, 7) is 2.07. The summed E-state index contributed by atoms with van der Waals surface area (Å²) < 4.78 is 1.38. The molecule has 1 amide bonds. The van der Waals surface area contributed by atoms with E-state index < -0.39 is 5.97 Å². The maximum atomic E-state index is 11.8. The van der Waals surface area contributed by atoms with Gasteiger partial charge in [0.2, 0.25) is 5.91 Å². The summed E-state index contributed by atoms with van der Waals surface area (Å²) in [4.78, 5) is 22.7. The number of benzene rings is 1. The van der Waals surface area contributed by atoms with Crippen LogP contribution in [0.3, 0.4) is 0 Å². The lowest BCUT2D eigenvalue weighted by atomic mass is 10.2. The fourth-order valence-corrected chi connectivity index (χ4v) is 1.80. The average Bonchev–Trinajstić information content (AvgIpc) is 2.79. The SMILES string of the molecule is Cc1c(C(=O)O)cnn1CC(=O)NCc1ccccc1. The Morgan fingerprint density at radius 1 is 1.30 bits per heavy atom. The van der Waals surface area contributed by atoms with Gasteiger partial charge in [-0.15, -0.1) is 0 Å². The number of amides is 1. The van der Waals surface area contributed by atoms with Crippen molar-refractivity contribution in [3.63, 3.8) is 0 Å². The molecule has 0 aliphatic carbocycles. The van der Waals surface area contributed by atoms with Crippen LogP contribution in [0.15, 0.2) is 36.5 Å². The standard InChI is InChI=1S/C14H15N3O3/c1-10-12(14(19)20)8-16-17(10)9-13(18)15-7-11-5-3-2-4-6-11/h2-6,8H,7,9H2,1H3,(H,15,18)(H,19,20). The van der Waals surface area contributed by atoms with Crippen molar-refractivity contribution < 1.29 is 14.7 Å². The summed E-state index contributed by atoms with van der Waals surface area (Å²) >= 11 is 0. The smallest absolute Gasteiger partial charge is 0.339 e. The predicted octanol–water partition coefficient (Wildman–Crippen LogP) is 1.21. The number of hydrogen-bond donors (Lipinski definition) is 2. The van der Waals surface area contributed by atoms with Crippen molar-refractivity contribution in [1.82, 2.24) is 15.1 Å². The molecule has 1 heterocycles. The number of hydrogen-bond acceptors (Lipinski definition) is 3. The molecule has 104 valence electrons. The summed E-state index contributed by atoms with van der Waals surface area (Å²) in [6, 6.07) is 9.55. The molecular formula is C14H15N3O3. The molecule has 0 unspecified atom stereocenters. The zero-order valence-electron chi connectivity index (χ0n) is 11.0. The fraction of sp³-hybridized carbons (Fsp3) is 0.214. The Morgan fingerprint density at radius 2 is 2.00 bits per heavy atom. The second-order valence-electron chi connectivity index (χ2n) is 4.37. The Morgan fingerprint density at radius 3 is 2.60 bits per heavy atom. The second-order valence-corrected chi connectivity index (χ2v) is 4.37. The van der Waals surface area contributed by atoms with E-state index in [4.69, 9.17) is 5.11 Å². The summed E-state index contributed by atoms with van der Waals surface area (Å²) in [5.41, 5.74) is 1.58. The van der Waals surface area contributed by atoms with E-state index in [1.165, 1.54) is 10.9 Å². The molecule has 0 aliphatic heterocycles. The van der Waals surface area contributed by atoms with Crippen LogP contribution in [0.2, 0.25) is 0 Å². The maximum absolute atomic E-state index is 11.8. The lowest BCUT2D eigenvalue weighted by molar-refractivity contribution is -0.122. The van der Waals surface area contributed by atoms with E-state index in [9.17, 15) is 9.59 Å². The minimum Gasteiger partial charge on any atom is -0.478 e. The number of carboxylic acid groups (broad SMARTS) is 1. The van der Waals surface area contributed by atoms with E-state index in [0.29, 0.717) is 12.2 Å². The Bertz CT molecular complexity index is 620. The Labute approximate surface area is 116 Å². The van der Waals surface area contributed by atoms with Gasteiger partial charge in [-0.05, 0) is 12.5 Å². The average molecular weight is 273 g/mol. The third kappa shape index (κ3) is 3.23. The largest absolute Gasteiger partial charge is 0.478 e. The van der Waals surface area contributed by atoms with Crippen LogP contribution in [-0.4, -0.2) is 26.8 Å². The molecule has 6 nitrogen and oxygen atoms in total. The molecule has 2 aromatic rings. The quantitative estimate of drug-likeness (QED) is 0.857. The first-order valence-corrected chi connectivity index (χ1v) is 6.14. The summed E-state index contributed by atoms with van der Waals surface area (Å²) in [5.74, 6) is -1.25. The van der Waals surface area contributed by atoms with Gasteiger partial charge in [0.05, 0.1) is 11.9 Å². The molecule has 2 rings (SSSR count). The van der Waals surface area contributed by atoms with Crippen LogP contribution >= 0.6 is 0 Å². The topological polar surface area (TPSA) is 84.2 Å². The molecular weight excluding hydrogens is 258 g/mol. The van der Waals surface area contributed by atoms with Gasteiger partial charge >= 0.3 is 5.97 Å². The summed E-state index contributed by atoms with van der Waals surface area (Å²) in [5, 5.41) is 15.6. The molecule has 2 N–H and O–H groups in total. The minimum absolute atomic E-state index is 0.00590. The van der Waals surface area contributed by atoms with Crippen LogP contribution in [0.5, 0.6) is 0 Å². The monoisotopic (exact) mass is 273 g/mol. The van der Waals surface area contributed by atoms with Crippen molar-refractivity contribution in [1.29, 1.82) is 0 Å². The molecule has 0 fully saturated rings. The van der Waals surface area contributed by atoms with Gasteiger partial charge in [0.15, 0.2) is 0 Å². The highest BCUT2D eigenvalue weighted by molar-refractivity contribution is 5.88. The number of aromatic nitrogens is 2. The Hall–Kier alpha value is -2.63. The van der Waals surface area contributed by atoms with E-state index in [-0.39, 0.29) is 18.0 Å². The lowest BCUT2D eigenvalue weighted by Crippen LogP contribution is -2.28. The molecule has 0 saturated carbocycles. The van der Waals surface area contributed by atoms with Crippen molar-refractivity contribution in [2.45, 2.75) is 20.0 Å². The van der Waals surface area contributed by atoms with Gasteiger partial charge in [-0.3, -0.25) is 9.48 Å². The zero-order valence-corrected chi connectivity index (χ0v) is 11.0. The van der Waals surface area contributed by atoms with Gasteiger partial charge in [-0.2, -0.15) is 5.10 Å². The van der Waals surface area contributed by atoms with E-state index in [0.717, 1.165) is 5.56 Å². The molecule has 20 heavy (non-hydrogen) atoms. The number of carbonyl (C=O) groups excluding carboxylic acids is 1. The normalized spacial score (nSPS) is 10.2. The van der Waals surface area contributed by atoms with Crippen molar-refractivity contribution in [3.8, 4) is 0 Å². The first-order valence-electron chi connectivity index (χ1n) is 6.14. The van der Waals surface area contributed by atoms with E-state index in [1.54, 1.807) is 6.92 Å². The van der Waals surface area contributed by atoms with Crippen LogP contribution in [0.1, 0.15) is 21.6 Å². The maximum Gasteiger partial charge on any atom is 0.339 e. The highest BCUT2D eigenvalue weighted by atomic mass is 16.4. The van der Waals surface area contributed by atoms with Crippen LogP contribution in [0, 0.1) is 6.92 Å². The zero-order chi connectivity index (χ0) is 14.5. The van der Waals surface area contributed by atoms with Crippen molar-refractivity contribution in [2.24, 2.45) is 0 Å². The van der Waals surface area contributed by atoms with Crippen molar-refractivity contribution in [3.05, 3.63) is 53.3 Å². The minimum atomic E-state index is -1.04. The van der Waals surface area contributed by atoms with Gasteiger partial charge in [0, 0.05) is 6.54 Å². The molecule has 1 aromatic heterocycles. The first-order chi connectivity index (χ1) is 9.58. The second kappa shape index (κ2) is 6.01. The van der Waals surface area contributed by atoms with Gasteiger partial charge in [0.1, 0.15) is 12.1 Å². The molecule has 1 aromatic carbocycles. The third-order valence-electron chi connectivity index (χ3n) is 2.96. The van der Waals surface area contributed by atoms with Crippen LogP contribution in [0.25, 0.3) is 0 Å². The Balaban J connectivity index is 1.93. The van der Waals surface area contributed by atoms with Crippen LogP contribution in [0.4, 0.5) is 0 Å². The number of rotatable bonds is 5. The number of aromatic carboxylic acids is 1. The molecule has 0 radical (unpaired) electrons. The lowest BCUT2D eigenvalue weighted by Gasteiger charge is -2.07. The first kappa shape index (κ1) is 13.8. The molecule has 0 bridgehead atoms. The van der Waals surface area contributed by atoms with Gasteiger partial charge in [-0.25, -0.2) is 4.79 Å². The number of carbonyl (C=O) groups is 2. The summed E-state index contributed by atoms with van der Waals surface area (Å²) in [7, 11) is 0. The van der Waals surface area contributed by atoms with Crippen LogP contribution in [-0.2, 0) is 17.9 Å². The van der Waals surface area contributed by atoms with Gasteiger partial charge in [0.25, 0.3) is 0 Å². The third-order valence-corrected chi connectivity index (χ3v) is 2.96. The number of nitrogens with zero attached hydrogens (tertiary/aromatic N) is 2. The van der Waals surface area contributed by atoms with E-state index in [1.807, 2.05) is 30.3 Å². The molecule has 6 heteroatoms. The summed E-state index contributed by atoms with van der Waals surface area (Å²) in [6.07, 6.45) is 1.25.